The van der Waals surface area contributed by atoms with E-state index in [0.29, 0.717) is 21.6 Å². The number of thioether (sulfide) groups is 1. The number of hydrogen-bond acceptors (Lipinski definition) is 5. The number of methoxy groups -OCH3 is 1. The van der Waals surface area contributed by atoms with E-state index in [2.05, 4.69) is 4.99 Å². The fourth-order valence-electron chi connectivity index (χ4n) is 2.60. The van der Waals surface area contributed by atoms with Crippen molar-refractivity contribution in [2.45, 2.75) is 20.0 Å². The van der Waals surface area contributed by atoms with Crippen LogP contribution in [-0.2, 0) is 4.79 Å². The van der Waals surface area contributed by atoms with Gasteiger partial charge in [0, 0.05) is 13.1 Å². The molecule has 8 heteroatoms. The van der Waals surface area contributed by atoms with Crippen LogP contribution in [0.15, 0.2) is 46.3 Å². The van der Waals surface area contributed by atoms with Crippen LogP contribution in [0.2, 0.25) is 0 Å². The zero-order valence-electron chi connectivity index (χ0n) is 16.4. The van der Waals surface area contributed by atoms with E-state index in [9.17, 15) is 13.6 Å². The van der Waals surface area contributed by atoms with Crippen LogP contribution in [0.4, 0.5) is 14.5 Å². The number of rotatable bonds is 5. The molecule has 2 aromatic carbocycles. The van der Waals surface area contributed by atoms with Gasteiger partial charge in [0.1, 0.15) is 11.5 Å². The first kappa shape index (κ1) is 20.9. The average Bonchev–Trinajstić information content (AvgIpc) is 2.92. The molecule has 0 aromatic heterocycles. The Hall–Kier alpha value is -2.87. The van der Waals surface area contributed by atoms with E-state index in [1.807, 2.05) is 19.9 Å². The highest BCUT2D eigenvalue weighted by molar-refractivity contribution is 8.18. The smallest absolute Gasteiger partial charge is 0.266 e. The molecule has 0 saturated carbocycles. The van der Waals surface area contributed by atoms with E-state index >= 15 is 0 Å². The van der Waals surface area contributed by atoms with Gasteiger partial charge in [-0.1, -0.05) is 6.07 Å². The molecule has 0 spiro atoms. The molecule has 0 atom stereocenters. The molecule has 1 heterocycles. The molecule has 1 fully saturated rings. The molecule has 1 aliphatic heterocycles. The molecule has 0 radical (unpaired) electrons. The Balaban J connectivity index is 1.89. The lowest BCUT2D eigenvalue weighted by atomic mass is 10.2. The lowest BCUT2D eigenvalue weighted by Crippen LogP contribution is -2.23. The number of hydrogen-bond donors (Lipinski definition) is 0. The number of ether oxygens (including phenoxy) is 2. The highest BCUT2D eigenvalue weighted by Gasteiger charge is 2.30. The van der Waals surface area contributed by atoms with Crippen molar-refractivity contribution in [3.8, 4) is 11.5 Å². The Morgan fingerprint density at radius 2 is 1.90 bits per heavy atom. The summed E-state index contributed by atoms with van der Waals surface area (Å²) in [5.41, 5.74) is 0.711. The summed E-state index contributed by atoms with van der Waals surface area (Å²) >= 11 is 1.11. The summed E-state index contributed by atoms with van der Waals surface area (Å²) in [7, 11) is 3.10. The number of benzene rings is 2. The molecular weight excluding hydrogens is 398 g/mol. The molecule has 0 unspecified atom stereocenters. The summed E-state index contributed by atoms with van der Waals surface area (Å²) in [4.78, 5) is 18.5. The minimum atomic E-state index is -0.790. The summed E-state index contributed by atoms with van der Waals surface area (Å²) in [6.07, 6.45) is 1.70. The number of halogens is 2. The second-order valence-corrected chi connectivity index (χ2v) is 7.55. The van der Waals surface area contributed by atoms with Crippen molar-refractivity contribution in [1.82, 2.24) is 4.90 Å². The van der Waals surface area contributed by atoms with Crippen LogP contribution in [-0.4, -0.2) is 36.2 Å². The topological polar surface area (TPSA) is 51.1 Å². The lowest BCUT2D eigenvalue weighted by Gasteiger charge is -2.13. The van der Waals surface area contributed by atoms with Crippen LogP contribution < -0.4 is 9.47 Å². The Morgan fingerprint density at radius 3 is 2.55 bits per heavy atom. The number of aliphatic imine (C=N–C) groups is 1. The van der Waals surface area contributed by atoms with Gasteiger partial charge in [-0.15, -0.1) is 0 Å². The normalized spacial score (nSPS) is 16.9. The standard InChI is InChI=1S/C21H20F2N2O3S/c1-12(2)28-17-8-5-13(9-18(17)27-4)10-19-20(26)25(3)21(29-19)24-16-7-6-14(22)11-15(16)23/h5-12H,1-4H3/b19-10+,24-21?. The largest absolute Gasteiger partial charge is 0.493 e. The number of likely N-dealkylation sites (N-methyl/N-ethyl adjacent to an activating group) is 1. The Bertz CT molecular complexity index is 1010. The van der Waals surface area contributed by atoms with Crippen molar-refractivity contribution in [3.05, 3.63) is 58.5 Å². The van der Waals surface area contributed by atoms with Crippen LogP contribution in [0.1, 0.15) is 19.4 Å². The summed E-state index contributed by atoms with van der Waals surface area (Å²) in [5.74, 6) is -0.575. The Kier molecular flexibility index (Phi) is 6.22. The predicted molar refractivity (Wildman–Crippen MR) is 111 cm³/mol. The maximum absolute atomic E-state index is 13.9. The van der Waals surface area contributed by atoms with Crippen LogP contribution in [0.3, 0.4) is 0 Å². The molecule has 3 rings (SSSR count). The fraction of sp³-hybridized carbons (Fsp3) is 0.238. The summed E-state index contributed by atoms with van der Waals surface area (Å²) in [6.45, 7) is 3.84. The van der Waals surface area contributed by atoms with Gasteiger partial charge in [0.05, 0.1) is 18.1 Å². The predicted octanol–water partition coefficient (Wildman–Crippen LogP) is 4.99. The van der Waals surface area contributed by atoms with Crippen molar-refractivity contribution in [3.63, 3.8) is 0 Å². The Labute approximate surface area is 172 Å². The van der Waals surface area contributed by atoms with E-state index in [1.54, 1.807) is 32.4 Å². The van der Waals surface area contributed by atoms with E-state index in [1.165, 1.54) is 11.0 Å². The third-order valence-corrected chi connectivity index (χ3v) is 5.04. The molecular formula is C21H20F2N2O3S. The van der Waals surface area contributed by atoms with E-state index in [0.717, 1.165) is 29.5 Å². The van der Waals surface area contributed by atoms with Crippen molar-refractivity contribution in [1.29, 1.82) is 0 Å². The molecule has 0 aliphatic carbocycles. The summed E-state index contributed by atoms with van der Waals surface area (Å²) < 4.78 is 38.0. The van der Waals surface area contributed by atoms with E-state index in [4.69, 9.17) is 9.47 Å². The fourth-order valence-corrected chi connectivity index (χ4v) is 3.58. The van der Waals surface area contributed by atoms with Crippen molar-refractivity contribution in [2.24, 2.45) is 4.99 Å². The second kappa shape index (κ2) is 8.65. The molecule has 1 aliphatic rings. The molecule has 152 valence electrons. The van der Waals surface area contributed by atoms with Crippen molar-refractivity contribution in [2.75, 3.05) is 14.2 Å². The monoisotopic (exact) mass is 418 g/mol. The first-order chi connectivity index (χ1) is 13.8. The highest BCUT2D eigenvalue weighted by Crippen LogP contribution is 2.35. The van der Waals surface area contributed by atoms with Gasteiger partial charge >= 0.3 is 0 Å². The number of carbonyl (C=O) groups is 1. The molecule has 1 amide bonds. The third-order valence-electron chi connectivity index (χ3n) is 3.98. The van der Waals surface area contributed by atoms with Gasteiger partial charge < -0.3 is 9.47 Å². The molecule has 0 N–H and O–H groups in total. The van der Waals surface area contributed by atoms with Gasteiger partial charge in [-0.05, 0) is 61.5 Å². The maximum Gasteiger partial charge on any atom is 0.266 e. The van der Waals surface area contributed by atoms with E-state index in [-0.39, 0.29) is 17.7 Å². The van der Waals surface area contributed by atoms with Crippen molar-refractivity contribution >= 4 is 34.6 Å². The molecule has 29 heavy (non-hydrogen) atoms. The number of amides is 1. The van der Waals surface area contributed by atoms with Gasteiger partial charge in [0.2, 0.25) is 0 Å². The highest BCUT2D eigenvalue weighted by atomic mass is 32.2. The van der Waals surface area contributed by atoms with Gasteiger partial charge in [0.15, 0.2) is 22.5 Å². The minimum absolute atomic E-state index is 0.000605. The van der Waals surface area contributed by atoms with Crippen LogP contribution in [0.25, 0.3) is 6.08 Å². The zero-order valence-corrected chi connectivity index (χ0v) is 17.2. The van der Waals surface area contributed by atoms with Crippen molar-refractivity contribution < 1.29 is 23.0 Å². The molecule has 0 bridgehead atoms. The average molecular weight is 418 g/mol. The summed E-state index contributed by atoms with van der Waals surface area (Å²) in [5, 5.41) is 0.304. The zero-order chi connectivity index (χ0) is 21.1. The van der Waals surface area contributed by atoms with Gasteiger partial charge in [-0.2, -0.15) is 0 Å². The van der Waals surface area contributed by atoms with E-state index < -0.39 is 11.6 Å². The number of carbonyl (C=O) groups excluding carboxylic acids is 1. The van der Waals surface area contributed by atoms with Crippen LogP contribution in [0, 0.1) is 11.6 Å². The van der Waals surface area contributed by atoms with Crippen LogP contribution in [0.5, 0.6) is 11.5 Å². The number of amidine groups is 1. The SMILES string of the molecule is COc1cc(/C=C2/SC(=Nc3ccc(F)cc3F)N(C)C2=O)ccc1OC(C)C. The first-order valence-electron chi connectivity index (χ1n) is 8.84. The number of nitrogens with zero attached hydrogens (tertiary/aromatic N) is 2. The quantitative estimate of drug-likeness (QED) is 0.642. The lowest BCUT2D eigenvalue weighted by molar-refractivity contribution is -0.121. The van der Waals surface area contributed by atoms with Crippen LogP contribution >= 0.6 is 11.8 Å². The van der Waals surface area contributed by atoms with Gasteiger partial charge in [0.25, 0.3) is 5.91 Å². The second-order valence-electron chi connectivity index (χ2n) is 6.54. The maximum atomic E-state index is 13.9. The molecule has 2 aromatic rings. The third kappa shape index (κ3) is 4.76. The Morgan fingerprint density at radius 1 is 1.14 bits per heavy atom. The minimum Gasteiger partial charge on any atom is -0.493 e. The first-order valence-corrected chi connectivity index (χ1v) is 9.66. The summed E-state index contributed by atoms with van der Waals surface area (Å²) in [6, 6.07) is 8.47. The van der Waals surface area contributed by atoms with Gasteiger partial charge in [-0.25, -0.2) is 13.8 Å². The van der Waals surface area contributed by atoms with Gasteiger partial charge in [-0.3, -0.25) is 9.69 Å². The molecule has 5 nitrogen and oxygen atoms in total. The molecule has 1 saturated heterocycles.